The Balaban J connectivity index is 2.21. The number of anilines is 1. The van der Waals surface area contributed by atoms with Gasteiger partial charge in [0.1, 0.15) is 11.5 Å². The maximum atomic E-state index is 11.7. The molecular formula is C12H12N2O3. The summed E-state index contributed by atoms with van der Waals surface area (Å²) in [5, 5.41) is 15.7. The van der Waals surface area contributed by atoms with Crippen LogP contribution in [0.4, 0.5) is 5.69 Å². The third-order valence-electron chi connectivity index (χ3n) is 2.26. The van der Waals surface area contributed by atoms with Gasteiger partial charge in [-0.15, -0.1) is 0 Å². The Morgan fingerprint density at radius 1 is 1.35 bits per heavy atom. The molecule has 17 heavy (non-hydrogen) atoms. The first kappa shape index (κ1) is 11.2. The number of aromatic nitrogens is 1. The molecule has 1 aromatic carbocycles. The Labute approximate surface area is 98.1 Å². The Hall–Kier alpha value is -2.30. The van der Waals surface area contributed by atoms with E-state index in [2.05, 4.69) is 10.5 Å². The van der Waals surface area contributed by atoms with Gasteiger partial charge >= 0.3 is 0 Å². The van der Waals surface area contributed by atoms with Gasteiger partial charge in [0.05, 0.1) is 5.69 Å². The molecule has 0 aliphatic heterocycles. The molecule has 0 spiro atoms. The maximum absolute atomic E-state index is 11.7. The summed E-state index contributed by atoms with van der Waals surface area (Å²) in [6.07, 6.45) is 0. The molecule has 0 aliphatic rings. The summed E-state index contributed by atoms with van der Waals surface area (Å²) in [5.74, 6) is 0.163. The topological polar surface area (TPSA) is 75.4 Å². The van der Waals surface area contributed by atoms with Crippen LogP contribution in [0.3, 0.4) is 0 Å². The van der Waals surface area contributed by atoms with Crippen LogP contribution in [0.25, 0.3) is 0 Å². The summed E-state index contributed by atoms with van der Waals surface area (Å²) >= 11 is 0. The Morgan fingerprint density at radius 3 is 2.76 bits per heavy atom. The summed E-state index contributed by atoms with van der Waals surface area (Å²) in [6.45, 7) is 3.57. The number of hydrogen-bond acceptors (Lipinski definition) is 4. The predicted octanol–water partition coefficient (Wildman–Crippen LogP) is 2.25. The lowest BCUT2D eigenvalue weighted by molar-refractivity contribution is 0.101. The molecule has 1 heterocycles. The summed E-state index contributed by atoms with van der Waals surface area (Å²) in [7, 11) is 0. The van der Waals surface area contributed by atoms with E-state index < -0.39 is 5.91 Å². The lowest BCUT2D eigenvalue weighted by Crippen LogP contribution is -2.12. The normalized spacial score (nSPS) is 10.2. The van der Waals surface area contributed by atoms with E-state index in [9.17, 15) is 9.90 Å². The van der Waals surface area contributed by atoms with E-state index in [4.69, 9.17) is 4.52 Å². The second-order valence-corrected chi connectivity index (χ2v) is 3.80. The van der Waals surface area contributed by atoms with Crippen molar-refractivity contribution in [2.75, 3.05) is 5.32 Å². The van der Waals surface area contributed by atoms with E-state index in [-0.39, 0.29) is 11.4 Å². The van der Waals surface area contributed by atoms with Crippen molar-refractivity contribution in [2.45, 2.75) is 13.8 Å². The zero-order valence-corrected chi connectivity index (χ0v) is 9.52. The van der Waals surface area contributed by atoms with E-state index in [0.717, 1.165) is 5.56 Å². The quantitative estimate of drug-likeness (QED) is 0.778. The van der Waals surface area contributed by atoms with Crippen molar-refractivity contribution >= 4 is 11.6 Å². The van der Waals surface area contributed by atoms with E-state index in [1.807, 2.05) is 6.92 Å². The maximum Gasteiger partial charge on any atom is 0.277 e. The fraction of sp³-hybridized carbons (Fsp3) is 0.167. The minimum absolute atomic E-state index is 0.0177. The third kappa shape index (κ3) is 2.44. The van der Waals surface area contributed by atoms with Crippen molar-refractivity contribution in [1.82, 2.24) is 5.16 Å². The van der Waals surface area contributed by atoms with Gasteiger partial charge in [-0.25, -0.2) is 0 Å². The van der Waals surface area contributed by atoms with Crippen LogP contribution in [0.15, 0.2) is 28.8 Å². The van der Waals surface area contributed by atoms with Gasteiger partial charge in [-0.05, 0) is 31.5 Å². The molecule has 2 rings (SSSR count). The van der Waals surface area contributed by atoms with Gasteiger partial charge in [-0.3, -0.25) is 4.79 Å². The molecule has 5 nitrogen and oxygen atoms in total. The van der Waals surface area contributed by atoms with Crippen LogP contribution in [-0.2, 0) is 0 Å². The van der Waals surface area contributed by atoms with Crippen molar-refractivity contribution in [3.05, 3.63) is 41.3 Å². The molecule has 0 unspecified atom stereocenters. The molecule has 0 aliphatic carbocycles. The van der Waals surface area contributed by atoms with Crippen LogP contribution in [-0.4, -0.2) is 16.2 Å². The fourth-order valence-electron chi connectivity index (χ4n) is 1.41. The highest BCUT2D eigenvalue weighted by molar-refractivity contribution is 6.03. The molecule has 0 radical (unpaired) electrons. The molecule has 0 atom stereocenters. The first-order valence-corrected chi connectivity index (χ1v) is 5.10. The van der Waals surface area contributed by atoms with E-state index in [1.165, 1.54) is 12.1 Å². The Morgan fingerprint density at radius 2 is 2.12 bits per heavy atom. The minimum atomic E-state index is -0.414. The number of nitrogens with one attached hydrogen (secondary N) is 1. The average Bonchev–Trinajstić information content (AvgIpc) is 2.70. The molecule has 0 saturated carbocycles. The Kier molecular flexibility index (Phi) is 2.82. The van der Waals surface area contributed by atoms with Gasteiger partial charge in [0, 0.05) is 6.07 Å². The number of aromatic hydroxyl groups is 1. The van der Waals surface area contributed by atoms with Crippen molar-refractivity contribution in [3.63, 3.8) is 0 Å². The minimum Gasteiger partial charge on any atom is -0.506 e. The average molecular weight is 232 g/mol. The smallest absolute Gasteiger partial charge is 0.277 e. The molecule has 0 bridgehead atoms. The molecule has 2 N–H and O–H groups in total. The summed E-state index contributed by atoms with van der Waals surface area (Å²) < 4.78 is 4.80. The summed E-state index contributed by atoms with van der Waals surface area (Å²) in [4.78, 5) is 11.7. The first-order valence-electron chi connectivity index (χ1n) is 5.10. The number of benzene rings is 1. The molecule has 2 aromatic rings. The highest BCUT2D eigenvalue weighted by Gasteiger charge is 2.12. The predicted molar refractivity (Wildman–Crippen MR) is 62.0 cm³/mol. The number of carbonyl (C=O) groups excluding carboxylic acids is 1. The second kappa shape index (κ2) is 4.29. The summed E-state index contributed by atoms with van der Waals surface area (Å²) in [6, 6.07) is 6.49. The molecule has 88 valence electrons. The number of phenols is 1. The van der Waals surface area contributed by atoms with Crippen LogP contribution in [0, 0.1) is 13.8 Å². The third-order valence-corrected chi connectivity index (χ3v) is 2.26. The van der Waals surface area contributed by atoms with Crippen LogP contribution >= 0.6 is 0 Å². The van der Waals surface area contributed by atoms with Crippen molar-refractivity contribution in [3.8, 4) is 5.75 Å². The molecule has 5 heteroatoms. The number of nitrogens with zero attached hydrogens (tertiary/aromatic N) is 1. The fourth-order valence-corrected chi connectivity index (χ4v) is 1.41. The summed E-state index contributed by atoms with van der Waals surface area (Å²) in [5.41, 5.74) is 1.48. The van der Waals surface area contributed by atoms with E-state index in [1.54, 1.807) is 19.1 Å². The molecule has 0 saturated heterocycles. The van der Waals surface area contributed by atoms with Gasteiger partial charge in [-0.1, -0.05) is 11.2 Å². The number of amides is 1. The van der Waals surface area contributed by atoms with Crippen LogP contribution < -0.4 is 5.32 Å². The van der Waals surface area contributed by atoms with Gasteiger partial charge in [-0.2, -0.15) is 0 Å². The largest absolute Gasteiger partial charge is 0.506 e. The van der Waals surface area contributed by atoms with Gasteiger partial charge in [0.25, 0.3) is 5.91 Å². The first-order chi connectivity index (χ1) is 8.06. The molecule has 1 aromatic heterocycles. The number of phenolic OH excluding ortho intramolecular Hbond substituents is 1. The van der Waals surface area contributed by atoms with Crippen LogP contribution in [0.2, 0.25) is 0 Å². The SMILES string of the molecule is Cc1ccc(O)c(NC(=O)c2cc(C)on2)c1. The van der Waals surface area contributed by atoms with Crippen LogP contribution in [0.5, 0.6) is 5.75 Å². The van der Waals surface area contributed by atoms with Crippen molar-refractivity contribution in [2.24, 2.45) is 0 Å². The highest BCUT2D eigenvalue weighted by Crippen LogP contribution is 2.24. The van der Waals surface area contributed by atoms with Gasteiger partial charge in [0.15, 0.2) is 5.69 Å². The highest BCUT2D eigenvalue weighted by atomic mass is 16.5. The van der Waals surface area contributed by atoms with Crippen LogP contribution in [0.1, 0.15) is 21.8 Å². The molecule has 0 fully saturated rings. The van der Waals surface area contributed by atoms with E-state index >= 15 is 0 Å². The standard InChI is InChI=1S/C12H12N2O3/c1-7-3-4-11(15)9(5-7)13-12(16)10-6-8(2)17-14-10/h3-6,15H,1-2H3,(H,13,16). The van der Waals surface area contributed by atoms with E-state index in [0.29, 0.717) is 11.4 Å². The Bertz CT molecular complexity index is 561. The number of rotatable bonds is 2. The number of hydrogen-bond donors (Lipinski definition) is 2. The van der Waals surface area contributed by atoms with Gasteiger partial charge in [0.2, 0.25) is 0 Å². The number of carbonyl (C=O) groups is 1. The monoisotopic (exact) mass is 232 g/mol. The zero-order chi connectivity index (χ0) is 12.4. The lowest BCUT2D eigenvalue weighted by atomic mass is 10.2. The number of aryl methyl sites for hydroxylation is 2. The molecular weight excluding hydrogens is 220 g/mol. The molecule has 1 amide bonds. The lowest BCUT2D eigenvalue weighted by Gasteiger charge is -2.06. The van der Waals surface area contributed by atoms with Gasteiger partial charge < -0.3 is 14.9 Å². The zero-order valence-electron chi connectivity index (χ0n) is 9.52. The van der Waals surface area contributed by atoms with Crippen molar-refractivity contribution < 1.29 is 14.4 Å². The second-order valence-electron chi connectivity index (χ2n) is 3.80. The van der Waals surface area contributed by atoms with Crippen molar-refractivity contribution in [1.29, 1.82) is 0 Å².